The molecular formula is C19H24N4O2. The number of amides is 1. The van der Waals surface area contributed by atoms with E-state index in [2.05, 4.69) is 15.2 Å². The van der Waals surface area contributed by atoms with Crippen LogP contribution in [0.3, 0.4) is 0 Å². The number of aromatic nitrogens is 3. The Morgan fingerprint density at radius 3 is 2.80 bits per heavy atom. The fourth-order valence-corrected chi connectivity index (χ4v) is 3.38. The summed E-state index contributed by atoms with van der Waals surface area (Å²) < 4.78 is 5.69. The monoisotopic (exact) mass is 340 g/mol. The fraction of sp³-hybridized carbons (Fsp3) is 0.526. The smallest absolute Gasteiger partial charge is 0.253 e. The summed E-state index contributed by atoms with van der Waals surface area (Å²) in [5.74, 6) is 2.31. The van der Waals surface area contributed by atoms with Gasteiger partial charge in [-0.3, -0.25) is 9.89 Å². The molecule has 25 heavy (non-hydrogen) atoms. The van der Waals surface area contributed by atoms with Crippen LogP contribution in [0.5, 0.6) is 0 Å². The van der Waals surface area contributed by atoms with Gasteiger partial charge in [-0.25, -0.2) is 4.98 Å². The van der Waals surface area contributed by atoms with Crippen molar-refractivity contribution in [2.75, 3.05) is 19.7 Å². The summed E-state index contributed by atoms with van der Waals surface area (Å²) in [4.78, 5) is 19.2. The molecule has 2 heterocycles. The molecule has 132 valence electrons. The number of benzene rings is 1. The molecule has 1 aromatic carbocycles. The van der Waals surface area contributed by atoms with E-state index in [-0.39, 0.29) is 12.0 Å². The van der Waals surface area contributed by atoms with Gasteiger partial charge in [0.25, 0.3) is 5.91 Å². The molecule has 0 radical (unpaired) electrons. The highest BCUT2D eigenvalue weighted by Gasteiger charge is 2.27. The summed E-state index contributed by atoms with van der Waals surface area (Å²) in [5.41, 5.74) is 1.64. The van der Waals surface area contributed by atoms with Gasteiger partial charge in [0, 0.05) is 36.7 Å². The maximum atomic E-state index is 12.7. The predicted octanol–water partition coefficient (Wildman–Crippen LogP) is 2.99. The molecule has 0 spiro atoms. The molecule has 1 amide bonds. The standard InChI is InChI=1S/C19H24N4O2/c1-2-25-16-4-3-11-23(12-16)19(24)15-9-7-14(8-10-15)18-20-17(21-22-18)13-5-6-13/h7-10,13,16H,2-6,11-12H2,1H3,(H,20,21,22)/t16-/m0/s1. The maximum absolute atomic E-state index is 12.7. The third kappa shape index (κ3) is 3.58. The van der Waals surface area contributed by atoms with Crippen molar-refractivity contribution in [2.45, 2.75) is 44.6 Å². The maximum Gasteiger partial charge on any atom is 0.253 e. The highest BCUT2D eigenvalue weighted by atomic mass is 16.5. The quantitative estimate of drug-likeness (QED) is 0.908. The number of hydrogen-bond acceptors (Lipinski definition) is 4. The van der Waals surface area contributed by atoms with E-state index >= 15 is 0 Å². The Bertz CT molecular complexity index is 734. The van der Waals surface area contributed by atoms with Crippen molar-refractivity contribution in [3.63, 3.8) is 0 Å². The van der Waals surface area contributed by atoms with Crippen LogP contribution in [0.4, 0.5) is 0 Å². The first-order valence-electron chi connectivity index (χ1n) is 9.18. The summed E-state index contributed by atoms with van der Waals surface area (Å²) in [6.07, 6.45) is 4.58. The molecule has 1 aromatic heterocycles. The Morgan fingerprint density at radius 2 is 2.08 bits per heavy atom. The van der Waals surface area contributed by atoms with Crippen molar-refractivity contribution in [1.29, 1.82) is 0 Å². The van der Waals surface area contributed by atoms with Gasteiger partial charge in [-0.15, -0.1) is 0 Å². The molecule has 0 bridgehead atoms. The van der Waals surface area contributed by atoms with Crippen molar-refractivity contribution < 1.29 is 9.53 Å². The molecule has 0 unspecified atom stereocenters. The van der Waals surface area contributed by atoms with Crippen LogP contribution >= 0.6 is 0 Å². The molecule has 1 saturated carbocycles. The van der Waals surface area contributed by atoms with Crippen molar-refractivity contribution in [1.82, 2.24) is 20.1 Å². The first kappa shape index (κ1) is 16.3. The minimum absolute atomic E-state index is 0.0737. The second kappa shape index (κ2) is 6.96. The third-order valence-electron chi connectivity index (χ3n) is 4.92. The Hall–Kier alpha value is -2.21. The number of nitrogens with one attached hydrogen (secondary N) is 1. The van der Waals surface area contributed by atoms with Crippen LogP contribution < -0.4 is 0 Å². The molecule has 1 atom stereocenters. The molecule has 2 aliphatic rings. The fourth-order valence-electron chi connectivity index (χ4n) is 3.38. The van der Waals surface area contributed by atoms with E-state index in [9.17, 15) is 4.79 Å². The zero-order valence-electron chi connectivity index (χ0n) is 14.6. The lowest BCUT2D eigenvalue weighted by atomic mass is 10.1. The highest BCUT2D eigenvalue weighted by molar-refractivity contribution is 5.94. The largest absolute Gasteiger partial charge is 0.377 e. The zero-order valence-corrected chi connectivity index (χ0v) is 14.6. The van der Waals surface area contributed by atoms with Crippen LogP contribution in [-0.4, -0.2) is 51.8 Å². The number of aromatic amines is 1. The zero-order chi connectivity index (χ0) is 17.2. The molecule has 6 nitrogen and oxygen atoms in total. The van der Waals surface area contributed by atoms with Gasteiger partial charge in [0.2, 0.25) is 0 Å². The molecule has 1 N–H and O–H groups in total. The number of likely N-dealkylation sites (tertiary alicyclic amines) is 1. The van der Waals surface area contributed by atoms with Gasteiger partial charge in [-0.2, -0.15) is 5.10 Å². The Kier molecular flexibility index (Phi) is 4.53. The number of carbonyl (C=O) groups is 1. The molecule has 6 heteroatoms. The number of carbonyl (C=O) groups excluding carboxylic acids is 1. The van der Waals surface area contributed by atoms with Crippen molar-refractivity contribution >= 4 is 5.91 Å². The number of ether oxygens (including phenoxy) is 1. The average Bonchev–Trinajstić information content (AvgIpc) is 3.39. The minimum atomic E-state index is 0.0737. The summed E-state index contributed by atoms with van der Waals surface area (Å²) in [5, 5.41) is 7.32. The van der Waals surface area contributed by atoms with Crippen molar-refractivity contribution in [2.24, 2.45) is 0 Å². The van der Waals surface area contributed by atoms with Gasteiger partial charge < -0.3 is 9.64 Å². The highest BCUT2D eigenvalue weighted by Crippen LogP contribution is 2.38. The van der Waals surface area contributed by atoms with Crippen molar-refractivity contribution in [3.8, 4) is 11.4 Å². The molecule has 2 aromatic rings. The van der Waals surface area contributed by atoms with Gasteiger partial charge in [0.05, 0.1) is 6.10 Å². The predicted molar refractivity (Wildman–Crippen MR) is 94.3 cm³/mol. The van der Waals surface area contributed by atoms with Crippen LogP contribution in [0, 0.1) is 0 Å². The lowest BCUT2D eigenvalue weighted by Crippen LogP contribution is -2.43. The lowest BCUT2D eigenvalue weighted by Gasteiger charge is -2.32. The Morgan fingerprint density at radius 1 is 1.28 bits per heavy atom. The summed E-state index contributed by atoms with van der Waals surface area (Å²) >= 11 is 0. The molecule has 2 fully saturated rings. The van der Waals surface area contributed by atoms with Crippen LogP contribution in [-0.2, 0) is 4.74 Å². The summed E-state index contributed by atoms with van der Waals surface area (Å²) in [6, 6.07) is 7.60. The topological polar surface area (TPSA) is 71.1 Å². The van der Waals surface area contributed by atoms with E-state index in [1.165, 1.54) is 12.8 Å². The normalized spacial score (nSPS) is 20.7. The molecule has 1 saturated heterocycles. The van der Waals surface area contributed by atoms with Gasteiger partial charge in [0.15, 0.2) is 5.82 Å². The van der Waals surface area contributed by atoms with E-state index in [0.717, 1.165) is 30.8 Å². The first-order valence-corrected chi connectivity index (χ1v) is 9.18. The Balaban J connectivity index is 1.44. The second-order valence-electron chi connectivity index (χ2n) is 6.87. The third-order valence-corrected chi connectivity index (χ3v) is 4.92. The van der Waals surface area contributed by atoms with Gasteiger partial charge in [-0.1, -0.05) is 12.1 Å². The van der Waals surface area contributed by atoms with Crippen LogP contribution in [0.1, 0.15) is 54.7 Å². The second-order valence-corrected chi connectivity index (χ2v) is 6.87. The summed E-state index contributed by atoms with van der Waals surface area (Å²) in [7, 11) is 0. The van der Waals surface area contributed by atoms with Gasteiger partial charge in [-0.05, 0) is 44.7 Å². The number of rotatable bonds is 5. The number of hydrogen-bond donors (Lipinski definition) is 1. The van der Waals surface area contributed by atoms with Gasteiger partial charge in [0.1, 0.15) is 5.82 Å². The van der Waals surface area contributed by atoms with E-state index < -0.39 is 0 Å². The van der Waals surface area contributed by atoms with E-state index in [4.69, 9.17) is 4.74 Å². The van der Waals surface area contributed by atoms with Crippen LogP contribution in [0.25, 0.3) is 11.4 Å². The molecule has 1 aliphatic heterocycles. The van der Waals surface area contributed by atoms with Crippen LogP contribution in [0.2, 0.25) is 0 Å². The summed E-state index contributed by atoms with van der Waals surface area (Å²) in [6.45, 7) is 4.17. The average molecular weight is 340 g/mol. The molecule has 1 aliphatic carbocycles. The molecule has 4 rings (SSSR count). The number of piperidine rings is 1. The SMILES string of the molecule is CCO[C@H]1CCCN(C(=O)c2ccc(-c3n[nH]c(C4CC4)n3)cc2)C1. The number of H-pyrrole nitrogens is 1. The van der Waals surface area contributed by atoms with Crippen molar-refractivity contribution in [3.05, 3.63) is 35.7 Å². The van der Waals surface area contributed by atoms with E-state index in [1.54, 1.807) is 0 Å². The minimum Gasteiger partial charge on any atom is -0.377 e. The first-order chi connectivity index (χ1) is 12.2. The molecular weight excluding hydrogens is 316 g/mol. The lowest BCUT2D eigenvalue weighted by molar-refractivity contribution is 0.00724. The van der Waals surface area contributed by atoms with Crippen LogP contribution in [0.15, 0.2) is 24.3 Å². The Labute approximate surface area is 147 Å². The van der Waals surface area contributed by atoms with E-state index in [0.29, 0.717) is 30.5 Å². The number of nitrogens with zero attached hydrogens (tertiary/aromatic N) is 3. The van der Waals surface area contributed by atoms with E-state index in [1.807, 2.05) is 36.1 Å². The van der Waals surface area contributed by atoms with Gasteiger partial charge >= 0.3 is 0 Å².